The number of esters is 2. The summed E-state index contributed by atoms with van der Waals surface area (Å²) in [5.74, 6) is 0.198. The minimum Gasteiger partial charge on any atom is -0.466 e. The number of rotatable bonds is 5. The number of methoxy groups -OCH3 is 2. The van der Waals surface area contributed by atoms with Crippen molar-refractivity contribution in [3.05, 3.63) is 64.9 Å². The normalized spacial score (nSPS) is 13.9. The molecule has 0 bridgehead atoms. The molecule has 1 heterocycles. The summed E-state index contributed by atoms with van der Waals surface area (Å²) in [5, 5.41) is 0. The fourth-order valence-electron chi connectivity index (χ4n) is 3.05. The molecule has 0 fully saturated rings. The van der Waals surface area contributed by atoms with Crippen molar-refractivity contribution < 1.29 is 28.5 Å². The number of nitrogens with zero attached hydrogens (tertiary/aromatic N) is 1. The molecule has 1 aliphatic rings. The lowest BCUT2D eigenvalue weighted by molar-refractivity contribution is -0.140. The van der Waals surface area contributed by atoms with Crippen LogP contribution in [-0.2, 0) is 23.8 Å². The molecule has 0 aromatic heterocycles. The van der Waals surface area contributed by atoms with Gasteiger partial charge >= 0.3 is 11.9 Å². The van der Waals surface area contributed by atoms with Crippen LogP contribution in [0.25, 0.3) is 0 Å². The van der Waals surface area contributed by atoms with Gasteiger partial charge in [-0.05, 0) is 49.2 Å². The number of carbonyl (C=O) groups is 2. The number of benzene rings is 2. The number of para-hydroxylation sites is 1. The Morgan fingerprint density at radius 1 is 0.931 bits per heavy atom. The van der Waals surface area contributed by atoms with Gasteiger partial charge in [0, 0.05) is 5.69 Å². The van der Waals surface area contributed by atoms with Crippen LogP contribution in [-0.4, -0.2) is 39.5 Å². The summed E-state index contributed by atoms with van der Waals surface area (Å²) in [6.07, 6.45) is 0. The van der Waals surface area contributed by atoms with Crippen molar-refractivity contribution in [1.29, 1.82) is 0 Å². The zero-order valence-electron chi connectivity index (χ0n) is 16.9. The predicted molar refractivity (Wildman–Crippen MR) is 107 cm³/mol. The quantitative estimate of drug-likeness (QED) is 0.715. The summed E-state index contributed by atoms with van der Waals surface area (Å²) in [5.41, 5.74) is 2.78. The Bertz CT molecular complexity index is 966. The molecule has 7 heteroatoms. The molecular formula is C22H23NO6. The van der Waals surface area contributed by atoms with E-state index in [2.05, 4.69) is 0 Å². The van der Waals surface area contributed by atoms with Gasteiger partial charge in [-0.1, -0.05) is 18.2 Å². The second kappa shape index (κ2) is 8.79. The largest absolute Gasteiger partial charge is 0.466 e. The molecule has 3 rings (SSSR count). The van der Waals surface area contributed by atoms with E-state index < -0.39 is 11.9 Å². The monoisotopic (exact) mass is 397 g/mol. The second-order valence-electron chi connectivity index (χ2n) is 6.53. The van der Waals surface area contributed by atoms with Gasteiger partial charge in [0.25, 0.3) is 0 Å². The minimum atomic E-state index is -0.633. The Labute approximate surface area is 169 Å². The van der Waals surface area contributed by atoms with Crippen LogP contribution in [0.4, 0.5) is 5.69 Å². The Kier molecular flexibility index (Phi) is 6.19. The maximum absolute atomic E-state index is 12.4. The molecule has 0 amide bonds. The van der Waals surface area contributed by atoms with Crippen molar-refractivity contribution in [3.63, 3.8) is 0 Å². The van der Waals surface area contributed by atoms with E-state index in [1.54, 1.807) is 11.0 Å². The molecule has 0 unspecified atom stereocenters. The van der Waals surface area contributed by atoms with Crippen LogP contribution >= 0.6 is 0 Å². The summed E-state index contributed by atoms with van der Waals surface area (Å²) < 4.78 is 21.2. The van der Waals surface area contributed by atoms with Crippen molar-refractivity contribution in [2.45, 2.75) is 13.8 Å². The van der Waals surface area contributed by atoms with Crippen LogP contribution in [0.2, 0.25) is 0 Å². The maximum Gasteiger partial charge on any atom is 0.355 e. The molecule has 0 saturated heterocycles. The Morgan fingerprint density at radius 2 is 1.62 bits per heavy atom. The second-order valence-corrected chi connectivity index (χ2v) is 6.53. The van der Waals surface area contributed by atoms with Gasteiger partial charge in [0.05, 0.1) is 26.4 Å². The first-order valence-corrected chi connectivity index (χ1v) is 9.05. The average Bonchev–Trinajstić information content (AvgIpc) is 2.74. The maximum atomic E-state index is 12.4. The molecule has 29 heavy (non-hydrogen) atoms. The van der Waals surface area contributed by atoms with Gasteiger partial charge in [0.15, 0.2) is 0 Å². The molecule has 2 aromatic carbocycles. The van der Waals surface area contributed by atoms with E-state index in [9.17, 15) is 9.59 Å². The van der Waals surface area contributed by atoms with E-state index in [0.717, 1.165) is 16.9 Å². The van der Waals surface area contributed by atoms with Gasteiger partial charge in [-0.3, -0.25) is 0 Å². The van der Waals surface area contributed by atoms with Crippen molar-refractivity contribution in [3.8, 4) is 11.5 Å². The van der Waals surface area contributed by atoms with E-state index in [-0.39, 0.29) is 24.6 Å². The van der Waals surface area contributed by atoms with Crippen molar-refractivity contribution in [1.82, 2.24) is 0 Å². The molecule has 0 saturated carbocycles. The molecule has 0 atom stereocenters. The number of aryl methyl sites for hydroxylation is 2. The van der Waals surface area contributed by atoms with Gasteiger partial charge in [0.2, 0.25) is 0 Å². The van der Waals surface area contributed by atoms with Gasteiger partial charge in [0.1, 0.15) is 23.9 Å². The summed E-state index contributed by atoms with van der Waals surface area (Å²) >= 11 is 0. The number of anilines is 1. The fourth-order valence-corrected chi connectivity index (χ4v) is 3.05. The van der Waals surface area contributed by atoms with Crippen LogP contribution < -0.4 is 9.64 Å². The lowest BCUT2D eigenvalue weighted by Crippen LogP contribution is -2.38. The van der Waals surface area contributed by atoms with E-state index >= 15 is 0 Å². The molecule has 0 aliphatic carbocycles. The van der Waals surface area contributed by atoms with Crippen LogP contribution in [0.1, 0.15) is 11.1 Å². The summed E-state index contributed by atoms with van der Waals surface area (Å²) in [6, 6.07) is 13.2. The molecule has 2 aromatic rings. The third-order valence-electron chi connectivity index (χ3n) is 4.62. The minimum absolute atomic E-state index is 0.0267. The first-order valence-electron chi connectivity index (χ1n) is 9.05. The predicted octanol–water partition coefficient (Wildman–Crippen LogP) is 3.49. The number of carbonyl (C=O) groups excluding carboxylic acids is 2. The van der Waals surface area contributed by atoms with Crippen LogP contribution in [0.3, 0.4) is 0 Å². The molecule has 0 spiro atoms. The molecule has 0 N–H and O–H groups in total. The Morgan fingerprint density at radius 3 is 2.28 bits per heavy atom. The highest BCUT2D eigenvalue weighted by Gasteiger charge is 2.32. The van der Waals surface area contributed by atoms with Gasteiger partial charge in [-0.25, -0.2) is 9.59 Å². The summed E-state index contributed by atoms with van der Waals surface area (Å²) in [4.78, 5) is 26.1. The lowest BCUT2D eigenvalue weighted by atomic mass is 10.1. The third kappa shape index (κ3) is 4.25. The summed E-state index contributed by atoms with van der Waals surface area (Å²) in [7, 11) is 2.52. The first-order chi connectivity index (χ1) is 14.0. The third-order valence-corrected chi connectivity index (χ3v) is 4.62. The SMILES string of the molecule is COC(=O)C1=C(C(=O)OC)N(c2ccc(Oc3ccccc3C)c(C)c2)COC1. The van der Waals surface area contributed by atoms with Crippen molar-refractivity contribution in [2.24, 2.45) is 0 Å². The Hall–Kier alpha value is -3.32. The zero-order chi connectivity index (χ0) is 21.0. The van der Waals surface area contributed by atoms with Crippen LogP contribution in [0.5, 0.6) is 11.5 Å². The topological polar surface area (TPSA) is 74.3 Å². The van der Waals surface area contributed by atoms with Gasteiger partial charge in [-0.15, -0.1) is 0 Å². The molecule has 152 valence electrons. The van der Waals surface area contributed by atoms with Crippen molar-refractivity contribution in [2.75, 3.05) is 32.5 Å². The summed E-state index contributed by atoms with van der Waals surface area (Å²) in [6.45, 7) is 3.96. The van der Waals surface area contributed by atoms with Crippen LogP contribution in [0.15, 0.2) is 53.7 Å². The standard InChI is InChI=1S/C22H23NO6/c1-14-7-5-6-8-18(14)29-19-10-9-16(11-15(19)2)23-13-28-12-17(21(24)26-3)20(23)22(25)27-4/h5-11H,12-13H2,1-4H3. The highest BCUT2D eigenvalue weighted by atomic mass is 16.5. The lowest BCUT2D eigenvalue weighted by Gasteiger charge is -2.31. The molecule has 1 aliphatic heterocycles. The highest BCUT2D eigenvalue weighted by Crippen LogP contribution is 2.33. The highest BCUT2D eigenvalue weighted by molar-refractivity contribution is 6.03. The van der Waals surface area contributed by atoms with E-state index in [4.69, 9.17) is 18.9 Å². The van der Waals surface area contributed by atoms with E-state index in [1.165, 1.54) is 14.2 Å². The van der Waals surface area contributed by atoms with E-state index in [1.807, 2.05) is 50.2 Å². The molecule has 0 radical (unpaired) electrons. The number of hydrogen-bond acceptors (Lipinski definition) is 7. The van der Waals surface area contributed by atoms with Crippen LogP contribution in [0, 0.1) is 13.8 Å². The van der Waals surface area contributed by atoms with E-state index in [0.29, 0.717) is 11.4 Å². The zero-order valence-corrected chi connectivity index (χ0v) is 16.9. The number of hydrogen-bond donors (Lipinski definition) is 0. The molecular weight excluding hydrogens is 374 g/mol. The average molecular weight is 397 g/mol. The smallest absolute Gasteiger partial charge is 0.355 e. The van der Waals surface area contributed by atoms with Crippen molar-refractivity contribution >= 4 is 17.6 Å². The number of ether oxygens (including phenoxy) is 4. The Balaban J connectivity index is 1.97. The first kappa shape index (κ1) is 20.4. The van der Waals surface area contributed by atoms with Gasteiger partial charge in [-0.2, -0.15) is 0 Å². The van der Waals surface area contributed by atoms with Gasteiger partial charge < -0.3 is 23.8 Å². The fraction of sp³-hybridized carbons (Fsp3) is 0.273. The molecule has 7 nitrogen and oxygen atoms in total.